The maximum absolute atomic E-state index is 12.4. The first-order valence-electron chi connectivity index (χ1n) is 5.41. The zero-order valence-electron chi connectivity index (χ0n) is 8.87. The van der Waals surface area contributed by atoms with Crippen molar-refractivity contribution in [2.24, 2.45) is 11.3 Å². The maximum Gasteiger partial charge on any atom is 0.178 e. The van der Waals surface area contributed by atoms with Gasteiger partial charge in [0.15, 0.2) is 11.6 Å². The molecule has 1 aromatic rings. The van der Waals surface area contributed by atoms with Crippen LogP contribution in [0.5, 0.6) is 0 Å². The van der Waals surface area contributed by atoms with Crippen LogP contribution in [0.25, 0.3) is 0 Å². The molecule has 0 N–H and O–H groups in total. The summed E-state index contributed by atoms with van der Waals surface area (Å²) >= 11 is 3.42. The third-order valence-corrected chi connectivity index (χ3v) is 5.14. The van der Waals surface area contributed by atoms with Gasteiger partial charge < -0.3 is 0 Å². The summed E-state index contributed by atoms with van der Waals surface area (Å²) in [6, 6.07) is 7.13. The fourth-order valence-electron chi connectivity index (χ4n) is 2.75. The molecule has 3 atom stereocenters. The van der Waals surface area contributed by atoms with Crippen molar-refractivity contribution in [3.63, 3.8) is 0 Å². The van der Waals surface area contributed by atoms with Crippen molar-refractivity contribution in [1.82, 2.24) is 0 Å². The van der Waals surface area contributed by atoms with Crippen LogP contribution in [0.1, 0.15) is 34.1 Å². The molecule has 1 fully saturated rings. The van der Waals surface area contributed by atoms with E-state index in [0.717, 1.165) is 6.42 Å². The monoisotopic (exact) mass is 278 g/mol. The Morgan fingerprint density at radius 1 is 1.25 bits per heavy atom. The van der Waals surface area contributed by atoms with Crippen LogP contribution in [0, 0.1) is 11.3 Å². The molecule has 2 aliphatic rings. The minimum absolute atomic E-state index is 0.0551. The molecular weight excluding hydrogens is 268 g/mol. The number of carbonyl (C=O) groups excluding carboxylic acids is 2. The molecule has 3 rings (SSSR count). The van der Waals surface area contributed by atoms with E-state index in [4.69, 9.17) is 0 Å². The van der Waals surface area contributed by atoms with Crippen LogP contribution < -0.4 is 0 Å². The van der Waals surface area contributed by atoms with Gasteiger partial charge in [0.05, 0.1) is 10.2 Å². The molecule has 2 nitrogen and oxygen atoms in total. The van der Waals surface area contributed by atoms with Crippen molar-refractivity contribution in [1.29, 1.82) is 0 Å². The number of ketones is 2. The fourth-order valence-corrected chi connectivity index (χ4v) is 3.84. The second-order valence-corrected chi connectivity index (χ2v) is 5.66. The number of Topliss-reactive ketones (excluding diaryl/α,β-unsaturated/α-hetero) is 2. The van der Waals surface area contributed by atoms with Gasteiger partial charge in [0.25, 0.3) is 0 Å². The Kier molecular flexibility index (Phi) is 1.94. The predicted octanol–water partition coefficient (Wildman–Crippen LogP) is 2.86. The van der Waals surface area contributed by atoms with Crippen molar-refractivity contribution in [2.45, 2.75) is 18.2 Å². The van der Waals surface area contributed by atoms with E-state index >= 15 is 0 Å². The van der Waals surface area contributed by atoms with Gasteiger partial charge in [0.1, 0.15) is 0 Å². The summed E-state index contributed by atoms with van der Waals surface area (Å²) < 4.78 is 0. The Balaban J connectivity index is 2.22. The predicted molar refractivity (Wildman–Crippen MR) is 64.0 cm³/mol. The number of rotatable bonds is 0. The summed E-state index contributed by atoms with van der Waals surface area (Å²) in [6.45, 7) is 2.04. The Bertz CT molecular complexity index is 508. The number of fused-ring (bicyclic) bond motifs is 1. The van der Waals surface area contributed by atoms with Gasteiger partial charge in [0, 0.05) is 11.1 Å². The largest absolute Gasteiger partial charge is 0.293 e. The topological polar surface area (TPSA) is 34.1 Å². The number of hydrogen-bond donors (Lipinski definition) is 0. The van der Waals surface area contributed by atoms with Crippen molar-refractivity contribution >= 4 is 27.5 Å². The summed E-state index contributed by atoms with van der Waals surface area (Å²) in [5, 5.41) is 0. The van der Waals surface area contributed by atoms with Gasteiger partial charge >= 0.3 is 0 Å². The standard InChI is InChI=1S/C13H11BrO2/c1-7-6-13(7)11(14)10(15)8-4-2-3-5-9(8)12(13)16/h2-5,7,11H,6H2,1H3. The van der Waals surface area contributed by atoms with Crippen LogP contribution in [0.3, 0.4) is 0 Å². The van der Waals surface area contributed by atoms with Gasteiger partial charge in [-0.2, -0.15) is 0 Å². The van der Waals surface area contributed by atoms with Crippen LogP contribution in [0.4, 0.5) is 0 Å². The molecule has 2 aliphatic carbocycles. The molecule has 1 saturated carbocycles. The highest BCUT2D eigenvalue weighted by Gasteiger charge is 2.65. The lowest BCUT2D eigenvalue weighted by molar-refractivity contribution is 0.0804. The minimum atomic E-state index is -0.453. The van der Waals surface area contributed by atoms with Gasteiger partial charge in [-0.1, -0.05) is 47.1 Å². The van der Waals surface area contributed by atoms with Crippen LogP contribution in [-0.2, 0) is 0 Å². The smallest absolute Gasteiger partial charge is 0.178 e. The number of carbonyl (C=O) groups is 2. The Morgan fingerprint density at radius 3 is 2.38 bits per heavy atom. The zero-order valence-corrected chi connectivity index (χ0v) is 10.5. The Labute approximate surface area is 102 Å². The molecule has 16 heavy (non-hydrogen) atoms. The third kappa shape index (κ3) is 1.02. The average Bonchev–Trinajstić information content (AvgIpc) is 2.97. The van der Waals surface area contributed by atoms with E-state index in [1.807, 2.05) is 13.0 Å². The SMILES string of the molecule is CC1CC12C(=O)c1ccccc1C(=O)C2Br. The van der Waals surface area contributed by atoms with E-state index in [9.17, 15) is 9.59 Å². The van der Waals surface area contributed by atoms with E-state index in [0.29, 0.717) is 17.0 Å². The molecule has 0 amide bonds. The molecule has 3 heteroatoms. The number of hydrogen-bond acceptors (Lipinski definition) is 2. The molecule has 1 aromatic carbocycles. The van der Waals surface area contributed by atoms with Crippen LogP contribution in [0.15, 0.2) is 24.3 Å². The summed E-state index contributed by atoms with van der Waals surface area (Å²) in [4.78, 5) is 24.2. The summed E-state index contributed by atoms with van der Waals surface area (Å²) in [6.07, 6.45) is 0.821. The van der Waals surface area contributed by atoms with Gasteiger partial charge in [-0.25, -0.2) is 0 Å². The first-order valence-corrected chi connectivity index (χ1v) is 6.32. The van der Waals surface area contributed by atoms with Crippen molar-refractivity contribution < 1.29 is 9.59 Å². The van der Waals surface area contributed by atoms with Crippen molar-refractivity contribution in [3.8, 4) is 0 Å². The molecule has 0 heterocycles. The van der Waals surface area contributed by atoms with Gasteiger partial charge in [-0.3, -0.25) is 9.59 Å². The van der Waals surface area contributed by atoms with E-state index in [1.165, 1.54) is 0 Å². The summed E-state index contributed by atoms with van der Waals surface area (Å²) in [7, 11) is 0. The molecule has 3 unspecified atom stereocenters. The molecule has 0 aliphatic heterocycles. The highest BCUT2D eigenvalue weighted by Crippen LogP contribution is 2.61. The molecular formula is C13H11BrO2. The normalized spacial score (nSPS) is 36.4. The molecule has 82 valence electrons. The van der Waals surface area contributed by atoms with Crippen molar-refractivity contribution in [3.05, 3.63) is 35.4 Å². The molecule has 0 bridgehead atoms. The van der Waals surface area contributed by atoms with Gasteiger partial charge in [-0.05, 0) is 12.3 Å². The second kappa shape index (κ2) is 3.04. The average molecular weight is 279 g/mol. The van der Waals surface area contributed by atoms with E-state index in [-0.39, 0.29) is 16.4 Å². The first kappa shape index (κ1) is 10.2. The number of benzene rings is 1. The highest BCUT2D eigenvalue weighted by molar-refractivity contribution is 9.10. The van der Waals surface area contributed by atoms with Gasteiger partial charge in [-0.15, -0.1) is 0 Å². The number of halogens is 1. The highest BCUT2D eigenvalue weighted by atomic mass is 79.9. The lowest BCUT2D eigenvalue weighted by Gasteiger charge is -2.27. The quantitative estimate of drug-likeness (QED) is 0.684. The maximum atomic E-state index is 12.4. The second-order valence-electron chi connectivity index (χ2n) is 4.75. The molecule has 1 spiro atoms. The minimum Gasteiger partial charge on any atom is -0.293 e. The van der Waals surface area contributed by atoms with Gasteiger partial charge in [0.2, 0.25) is 0 Å². The van der Waals surface area contributed by atoms with Crippen LogP contribution in [-0.4, -0.2) is 16.4 Å². The van der Waals surface area contributed by atoms with Crippen LogP contribution >= 0.6 is 15.9 Å². The Morgan fingerprint density at radius 2 is 1.81 bits per heavy atom. The van der Waals surface area contributed by atoms with E-state index in [2.05, 4.69) is 15.9 Å². The third-order valence-electron chi connectivity index (χ3n) is 3.91. The Hall–Kier alpha value is -0.960. The molecule has 0 saturated heterocycles. The number of alkyl halides is 1. The zero-order chi connectivity index (χ0) is 11.5. The van der Waals surface area contributed by atoms with E-state index in [1.54, 1.807) is 18.2 Å². The lowest BCUT2D eigenvalue weighted by Crippen LogP contribution is -2.39. The summed E-state index contributed by atoms with van der Waals surface area (Å²) in [5.41, 5.74) is 0.720. The molecule has 0 aromatic heterocycles. The van der Waals surface area contributed by atoms with Crippen molar-refractivity contribution in [2.75, 3.05) is 0 Å². The van der Waals surface area contributed by atoms with Crippen LogP contribution in [0.2, 0.25) is 0 Å². The van der Waals surface area contributed by atoms with E-state index < -0.39 is 5.41 Å². The molecule has 0 radical (unpaired) electrons. The summed E-state index contributed by atoms with van der Waals surface area (Å²) in [5.74, 6) is 0.498. The fraction of sp³-hybridized carbons (Fsp3) is 0.385. The first-order chi connectivity index (χ1) is 7.59. The lowest BCUT2D eigenvalue weighted by atomic mass is 9.78.